The van der Waals surface area contributed by atoms with Crippen molar-refractivity contribution in [1.29, 1.82) is 0 Å². The lowest BCUT2D eigenvalue weighted by Crippen LogP contribution is -2.18. The second kappa shape index (κ2) is 3.81. The summed E-state index contributed by atoms with van der Waals surface area (Å²) >= 11 is 0. The Balaban J connectivity index is 2.79. The lowest BCUT2D eigenvalue weighted by atomic mass is 10.1. The Morgan fingerprint density at radius 3 is 2.38 bits per heavy atom. The predicted molar refractivity (Wildman–Crippen MR) is 54.0 cm³/mol. The number of hydrogen-bond acceptors (Lipinski definition) is 1. The smallest absolute Gasteiger partial charge is 0.269 e. The maximum Gasteiger partial charge on any atom is 0.269 e. The van der Waals surface area contributed by atoms with E-state index in [4.69, 9.17) is 0 Å². The van der Waals surface area contributed by atoms with Crippen LogP contribution < -0.4 is 5.56 Å². The van der Waals surface area contributed by atoms with Gasteiger partial charge in [0.2, 0.25) is 0 Å². The molecular weight excluding hydrogens is 164 g/mol. The molecule has 1 aromatic heterocycles. The van der Waals surface area contributed by atoms with Crippen molar-refractivity contribution < 1.29 is 0 Å². The lowest BCUT2D eigenvalue weighted by molar-refractivity contribution is 0.477. The van der Waals surface area contributed by atoms with Gasteiger partial charge in [-0.1, -0.05) is 13.8 Å². The molecule has 0 radical (unpaired) electrons. The molecule has 0 saturated heterocycles. The summed E-state index contributed by atoms with van der Waals surface area (Å²) in [6.45, 7) is 8.91. The standard InChI is InChI=1S/C10H18N2O/c1-7(2)5-6-12-10(13)8(3)9(4)11-12/h7,11H,5-6H2,1-4H3. The lowest BCUT2D eigenvalue weighted by Gasteiger charge is -2.04. The van der Waals surface area contributed by atoms with Crippen molar-refractivity contribution in [3.63, 3.8) is 0 Å². The third-order valence-corrected chi connectivity index (χ3v) is 2.36. The van der Waals surface area contributed by atoms with E-state index >= 15 is 0 Å². The van der Waals surface area contributed by atoms with E-state index in [1.807, 2.05) is 13.8 Å². The van der Waals surface area contributed by atoms with Crippen LogP contribution in [0.3, 0.4) is 0 Å². The van der Waals surface area contributed by atoms with Gasteiger partial charge in [0.25, 0.3) is 5.56 Å². The van der Waals surface area contributed by atoms with Gasteiger partial charge in [0.05, 0.1) is 0 Å². The van der Waals surface area contributed by atoms with Crippen LogP contribution in [-0.2, 0) is 6.54 Å². The minimum absolute atomic E-state index is 0.123. The zero-order valence-corrected chi connectivity index (χ0v) is 8.85. The van der Waals surface area contributed by atoms with Gasteiger partial charge in [-0.15, -0.1) is 0 Å². The number of rotatable bonds is 3. The summed E-state index contributed by atoms with van der Waals surface area (Å²) < 4.78 is 1.70. The highest BCUT2D eigenvalue weighted by molar-refractivity contribution is 5.12. The van der Waals surface area contributed by atoms with Gasteiger partial charge in [-0.2, -0.15) is 0 Å². The number of aryl methyl sites for hydroxylation is 2. The van der Waals surface area contributed by atoms with Crippen LogP contribution in [0.1, 0.15) is 31.5 Å². The maximum absolute atomic E-state index is 11.5. The largest absolute Gasteiger partial charge is 0.300 e. The molecule has 0 saturated carbocycles. The average Bonchev–Trinajstić information content (AvgIpc) is 2.29. The van der Waals surface area contributed by atoms with Gasteiger partial charge in [-0.05, 0) is 26.2 Å². The van der Waals surface area contributed by atoms with Crippen molar-refractivity contribution >= 4 is 0 Å². The maximum atomic E-state index is 11.5. The third kappa shape index (κ3) is 2.23. The summed E-state index contributed by atoms with van der Waals surface area (Å²) in [5, 5.41) is 3.07. The molecule has 0 spiro atoms. The minimum atomic E-state index is 0.123. The van der Waals surface area contributed by atoms with Gasteiger partial charge in [-0.3, -0.25) is 14.6 Å². The molecular formula is C10H18N2O. The van der Waals surface area contributed by atoms with E-state index in [2.05, 4.69) is 18.9 Å². The van der Waals surface area contributed by atoms with Crippen molar-refractivity contribution in [2.75, 3.05) is 0 Å². The van der Waals surface area contributed by atoms with Crippen LogP contribution in [-0.4, -0.2) is 9.78 Å². The molecule has 74 valence electrons. The van der Waals surface area contributed by atoms with E-state index in [-0.39, 0.29) is 5.56 Å². The quantitative estimate of drug-likeness (QED) is 0.761. The number of H-pyrrole nitrogens is 1. The van der Waals surface area contributed by atoms with Gasteiger partial charge in [0.15, 0.2) is 0 Å². The van der Waals surface area contributed by atoms with E-state index in [0.29, 0.717) is 5.92 Å². The third-order valence-electron chi connectivity index (χ3n) is 2.36. The van der Waals surface area contributed by atoms with Gasteiger partial charge >= 0.3 is 0 Å². The fraction of sp³-hybridized carbons (Fsp3) is 0.700. The molecule has 0 unspecified atom stereocenters. The van der Waals surface area contributed by atoms with Crippen molar-refractivity contribution in [3.05, 3.63) is 21.6 Å². The number of hydrogen-bond donors (Lipinski definition) is 1. The zero-order chi connectivity index (χ0) is 10.0. The second-order valence-electron chi connectivity index (χ2n) is 4.00. The van der Waals surface area contributed by atoms with Crippen molar-refractivity contribution in [2.45, 2.75) is 40.7 Å². The Labute approximate surface area is 78.8 Å². The molecule has 0 fully saturated rings. The first kappa shape index (κ1) is 10.1. The summed E-state index contributed by atoms with van der Waals surface area (Å²) in [7, 11) is 0. The van der Waals surface area contributed by atoms with Crippen LogP contribution in [0.15, 0.2) is 4.79 Å². The normalized spacial score (nSPS) is 11.2. The van der Waals surface area contributed by atoms with E-state index in [1.54, 1.807) is 4.68 Å². The molecule has 1 N–H and O–H groups in total. The number of aromatic amines is 1. The highest BCUT2D eigenvalue weighted by Crippen LogP contribution is 2.02. The molecule has 1 rings (SSSR count). The van der Waals surface area contributed by atoms with E-state index in [9.17, 15) is 4.79 Å². The molecule has 3 nitrogen and oxygen atoms in total. The van der Waals surface area contributed by atoms with Crippen molar-refractivity contribution in [3.8, 4) is 0 Å². The Kier molecular flexibility index (Phi) is 2.96. The van der Waals surface area contributed by atoms with Crippen LogP contribution in [0.25, 0.3) is 0 Å². The first-order valence-electron chi connectivity index (χ1n) is 4.78. The predicted octanol–water partition coefficient (Wildman–Crippen LogP) is 1.84. The summed E-state index contributed by atoms with van der Waals surface area (Å²) in [5.74, 6) is 0.635. The summed E-state index contributed by atoms with van der Waals surface area (Å²) in [6, 6.07) is 0. The van der Waals surface area contributed by atoms with Crippen LogP contribution in [0.4, 0.5) is 0 Å². The summed E-state index contributed by atoms with van der Waals surface area (Å²) in [4.78, 5) is 11.5. The zero-order valence-electron chi connectivity index (χ0n) is 8.85. The van der Waals surface area contributed by atoms with Crippen molar-refractivity contribution in [2.24, 2.45) is 5.92 Å². The Hall–Kier alpha value is -0.990. The number of nitrogens with zero attached hydrogens (tertiary/aromatic N) is 1. The highest BCUT2D eigenvalue weighted by Gasteiger charge is 2.05. The van der Waals surface area contributed by atoms with Crippen LogP contribution in [0.5, 0.6) is 0 Å². The van der Waals surface area contributed by atoms with Gasteiger partial charge < -0.3 is 0 Å². The van der Waals surface area contributed by atoms with E-state index in [0.717, 1.165) is 24.2 Å². The highest BCUT2D eigenvalue weighted by atomic mass is 16.1. The van der Waals surface area contributed by atoms with E-state index in [1.165, 1.54) is 0 Å². The van der Waals surface area contributed by atoms with Gasteiger partial charge in [0, 0.05) is 17.8 Å². The average molecular weight is 182 g/mol. The minimum Gasteiger partial charge on any atom is -0.300 e. The molecule has 0 bridgehead atoms. The molecule has 0 amide bonds. The second-order valence-corrected chi connectivity index (χ2v) is 4.00. The molecule has 1 heterocycles. The molecule has 0 atom stereocenters. The molecule has 0 aliphatic heterocycles. The fourth-order valence-electron chi connectivity index (χ4n) is 1.24. The number of aromatic nitrogens is 2. The summed E-state index contributed by atoms with van der Waals surface area (Å²) in [5.41, 5.74) is 1.94. The van der Waals surface area contributed by atoms with Crippen molar-refractivity contribution in [1.82, 2.24) is 9.78 Å². The van der Waals surface area contributed by atoms with Gasteiger partial charge in [0.1, 0.15) is 0 Å². The molecule has 3 heteroatoms. The molecule has 13 heavy (non-hydrogen) atoms. The topological polar surface area (TPSA) is 37.8 Å². The molecule has 0 aliphatic rings. The monoisotopic (exact) mass is 182 g/mol. The van der Waals surface area contributed by atoms with E-state index < -0.39 is 0 Å². The Morgan fingerprint density at radius 2 is 2.00 bits per heavy atom. The molecule has 0 aliphatic carbocycles. The first-order valence-corrected chi connectivity index (χ1v) is 4.78. The SMILES string of the molecule is Cc1[nH]n(CCC(C)C)c(=O)c1C. The number of nitrogens with one attached hydrogen (secondary N) is 1. The van der Waals surface area contributed by atoms with Gasteiger partial charge in [-0.25, -0.2) is 0 Å². The first-order chi connectivity index (χ1) is 6.02. The van der Waals surface area contributed by atoms with Crippen LogP contribution in [0, 0.1) is 19.8 Å². The fourth-order valence-corrected chi connectivity index (χ4v) is 1.24. The molecule has 1 aromatic rings. The summed E-state index contributed by atoms with van der Waals surface area (Å²) in [6.07, 6.45) is 1.04. The Bertz CT molecular complexity index is 333. The van der Waals surface area contributed by atoms with Crippen LogP contribution >= 0.6 is 0 Å². The molecule has 0 aromatic carbocycles. The Morgan fingerprint density at radius 1 is 1.38 bits per heavy atom. The van der Waals surface area contributed by atoms with Crippen LogP contribution in [0.2, 0.25) is 0 Å².